The van der Waals surface area contributed by atoms with Gasteiger partial charge in [0.05, 0.1) is 18.7 Å². The molecule has 1 aromatic carbocycles. The second-order valence-electron chi connectivity index (χ2n) is 7.69. The van der Waals surface area contributed by atoms with Crippen molar-refractivity contribution in [2.75, 3.05) is 26.7 Å². The summed E-state index contributed by atoms with van der Waals surface area (Å²) in [4.78, 5) is 28.9. The van der Waals surface area contributed by atoms with Crippen molar-refractivity contribution >= 4 is 11.8 Å². The fourth-order valence-electron chi connectivity index (χ4n) is 4.47. The standard InChI is InChI=1S/C21H27N5O3/c1-14-6-4-7-16(19(14)29-3)21(28)24-11-9-18-22-23-20(26(18)13-12-24)17-8-5-10-25(17)15(2)27/h4,6-7,17H,5,8-13H2,1-3H3/t17-/m1/s1. The van der Waals surface area contributed by atoms with E-state index in [1.807, 2.05) is 34.9 Å². The van der Waals surface area contributed by atoms with Crippen LogP contribution in [0.15, 0.2) is 18.2 Å². The molecule has 8 heteroatoms. The van der Waals surface area contributed by atoms with Crippen molar-refractivity contribution in [1.29, 1.82) is 0 Å². The number of amides is 2. The number of likely N-dealkylation sites (tertiary alicyclic amines) is 1. The summed E-state index contributed by atoms with van der Waals surface area (Å²) in [5.74, 6) is 2.39. The first kappa shape index (κ1) is 19.4. The Bertz CT molecular complexity index is 938. The molecular weight excluding hydrogens is 370 g/mol. The molecule has 2 aliphatic rings. The van der Waals surface area contributed by atoms with E-state index in [0.29, 0.717) is 37.4 Å². The van der Waals surface area contributed by atoms with Gasteiger partial charge in [-0.1, -0.05) is 12.1 Å². The Morgan fingerprint density at radius 1 is 1.14 bits per heavy atom. The van der Waals surface area contributed by atoms with E-state index < -0.39 is 0 Å². The average Bonchev–Trinajstić information content (AvgIpc) is 3.29. The van der Waals surface area contributed by atoms with Crippen molar-refractivity contribution in [1.82, 2.24) is 24.6 Å². The van der Waals surface area contributed by atoms with E-state index in [1.54, 1.807) is 14.0 Å². The minimum absolute atomic E-state index is 0.0205. The molecule has 0 aliphatic carbocycles. The number of hydrogen-bond donors (Lipinski definition) is 0. The number of carbonyl (C=O) groups is 2. The third kappa shape index (κ3) is 3.47. The summed E-state index contributed by atoms with van der Waals surface area (Å²) in [6.07, 6.45) is 2.52. The smallest absolute Gasteiger partial charge is 0.257 e. The largest absolute Gasteiger partial charge is 0.496 e. The Morgan fingerprint density at radius 2 is 1.97 bits per heavy atom. The molecule has 1 fully saturated rings. The second-order valence-corrected chi connectivity index (χ2v) is 7.69. The SMILES string of the molecule is COc1c(C)cccc1C(=O)N1CCc2nnc([C@H]3CCCN3C(C)=O)n2CC1. The van der Waals surface area contributed by atoms with E-state index in [0.717, 1.165) is 36.6 Å². The number of rotatable bonds is 3. The number of carbonyl (C=O) groups excluding carboxylic acids is 2. The average molecular weight is 397 g/mol. The highest BCUT2D eigenvalue weighted by molar-refractivity contribution is 5.97. The summed E-state index contributed by atoms with van der Waals surface area (Å²) >= 11 is 0. The number of benzene rings is 1. The maximum atomic E-state index is 13.2. The Balaban J connectivity index is 1.55. The van der Waals surface area contributed by atoms with Gasteiger partial charge in [0.25, 0.3) is 5.91 Å². The highest BCUT2D eigenvalue weighted by atomic mass is 16.5. The van der Waals surface area contributed by atoms with Gasteiger partial charge in [0.15, 0.2) is 5.82 Å². The highest BCUT2D eigenvalue weighted by Crippen LogP contribution is 2.32. The first-order valence-corrected chi connectivity index (χ1v) is 10.1. The van der Waals surface area contributed by atoms with E-state index in [-0.39, 0.29) is 17.9 Å². The molecule has 1 aromatic heterocycles. The van der Waals surface area contributed by atoms with Gasteiger partial charge >= 0.3 is 0 Å². The van der Waals surface area contributed by atoms with Crippen LogP contribution in [-0.4, -0.2) is 63.1 Å². The molecule has 2 aromatic rings. The summed E-state index contributed by atoms with van der Waals surface area (Å²) < 4.78 is 7.58. The van der Waals surface area contributed by atoms with Crippen molar-refractivity contribution in [3.8, 4) is 5.75 Å². The molecule has 1 atom stereocenters. The number of para-hydroxylation sites is 1. The summed E-state index contributed by atoms with van der Waals surface area (Å²) in [7, 11) is 1.59. The van der Waals surface area contributed by atoms with Gasteiger partial charge in [-0.2, -0.15) is 0 Å². The molecule has 4 rings (SSSR count). The lowest BCUT2D eigenvalue weighted by Crippen LogP contribution is -2.34. The number of aromatic nitrogens is 3. The zero-order valence-corrected chi connectivity index (χ0v) is 17.2. The number of nitrogens with zero attached hydrogens (tertiary/aromatic N) is 5. The molecule has 0 radical (unpaired) electrons. The van der Waals surface area contributed by atoms with Crippen LogP contribution >= 0.6 is 0 Å². The number of fused-ring (bicyclic) bond motifs is 1. The lowest BCUT2D eigenvalue weighted by molar-refractivity contribution is -0.129. The Kier molecular flexibility index (Phi) is 5.25. The molecule has 0 unspecified atom stereocenters. The predicted molar refractivity (Wildman–Crippen MR) is 107 cm³/mol. The Morgan fingerprint density at radius 3 is 2.72 bits per heavy atom. The molecule has 8 nitrogen and oxygen atoms in total. The van der Waals surface area contributed by atoms with Crippen LogP contribution < -0.4 is 4.74 Å². The van der Waals surface area contributed by atoms with Crippen LogP contribution in [0.5, 0.6) is 5.75 Å². The molecule has 2 aliphatic heterocycles. The lowest BCUT2D eigenvalue weighted by Gasteiger charge is -2.24. The van der Waals surface area contributed by atoms with E-state index in [2.05, 4.69) is 14.8 Å². The Hall–Kier alpha value is -2.90. The molecule has 154 valence electrons. The van der Waals surface area contributed by atoms with Gasteiger partial charge in [-0.25, -0.2) is 0 Å². The lowest BCUT2D eigenvalue weighted by atomic mass is 10.1. The van der Waals surface area contributed by atoms with Gasteiger partial charge in [0.1, 0.15) is 11.6 Å². The summed E-state index contributed by atoms with van der Waals surface area (Å²) in [5.41, 5.74) is 1.53. The quantitative estimate of drug-likeness (QED) is 0.791. The molecule has 1 saturated heterocycles. The molecule has 0 spiro atoms. The van der Waals surface area contributed by atoms with Crippen LogP contribution in [0.4, 0.5) is 0 Å². The second kappa shape index (κ2) is 7.85. The molecule has 2 amide bonds. The number of methoxy groups -OCH3 is 1. The third-order valence-electron chi connectivity index (χ3n) is 5.94. The van der Waals surface area contributed by atoms with Crippen LogP contribution in [0.25, 0.3) is 0 Å². The normalized spacial score (nSPS) is 19.1. The van der Waals surface area contributed by atoms with Gasteiger partial charge in [0.2, 0.25) is 5.91 Å². The molecular formula is C21H27N5O3. The minimum Gasteiger partial charge on any atom is -0.496 e. The van der Waals surface area contributed by atoms with E-state index in [1.165, 1.54) is 0 Å². The molecule has 29 heavy (non-hydrogen) atoms. The Labute approximate surface area is 170 Å². The number of aryl methyl sites for hydroxylation is 1. The van der Waals surface area contributed by atoms with Crippen LogP contribution in [0.1, 0.15) is 53.4 Å². The van der Waals surface area contributed by atoms with Crippen LogP contribution in [0, 0.1) is 6.92 Å². The van der Waals surface area contributed by atoms with Gasteiger partial charge in [-0.15, -0.1) is 10.2 Å². The van der Waals surface area contributed by atoms with E-state index >= 15 is 0 Å². The van der Waals surface area contributed by atoms with Crippen molar-refractivity contribution < 1.29 is 14.3 Å². The van der Waals surface area contributed by atoms with Crippen molar-refractivity contribution in [3.05, 3.63) is 41.0 Å². The maximum absolute atomic E-state index is 13.2. The van der Waals surface area contributed by atoms with E-state index in [4.69, 9.17) is 4.74 Å². The van der Waals surface area contributed by atoms with Crippen molar-refractivity contribution in [2.24, 2.45) is 0 Å². The topological polar surface area (TPSA) is 80.6 Å². The van der Waals surface area contributed by atoms with Crippen LogP contribution in [-0.2, 0) is 17.8 Å². The zero-order valence-electron chi connectivity index (χ0n) is 17.2. The van der Waals surface area contributed by atoms with Gasteiger partial charge in [-0.05, 0) is 31.4 Å². The van der Waals surface area contributed by atoms with Gasteiger partial charge in [-0.3, -0.25) is 9.59 Å². The molecule has 0 N–H and O–H groups in total. The van der Waals surface area contributed by atoms with Crippen molar-refractivity contribution in [3.63, 3.8) is 0 Å². The fourth-order valence-corrected chi connectivity index (χ4v) is 4.47. The first-order chi connectivity index (χ1) is 14.0. The fraction of sp³-hybridized carbons (Fsp3) is 0.524. The minimum atomic E-state index is -0.0305. The zero-order chi connectivity index (χ0) is 20.5. The molecule has 0 saturated carbocycles. The van der Waals surface area contributed by atoms with Crippen molar-refractivity contribution in [2.45, 2.75) is 45.7 Å². The molecule has 0 bridgehead atoms. The van der Waals surface area contributed by atoms with E-state index in [9.17, 15) is 9.59 Å². The monoisotopic (exact) mass is 397 g/mol. The first-order valence-electron chi connectivity index (χ1n) is 10.1. The summed E-state index contributed by atoms with van der Waals surface area (Å²) in [6, 6.07) is 5.61. The maximum Gasteiger partial charge on any atom is 0.257 e. The third-order valence-corrected chi connectivity index (χ3v) is 5.94. The number of ether oxygens (including phenoxy) is 1. The summed E-state index contributed by atoms with van der Waals surface area (Å²) in [6.45, 7) is 6.08. The number of hydrogen-bond acceptors (Lipinski definition) is 5. The van der Waals surface area contributed by atoms with Gasteiger partial charge in [0, 0.05) is 39.5 Å². The highest BCUT2D eigenvalue weighted by Gasteiger charge is 2.34. The summed E-state index contributed by atoms with van der Waals surface area (Å²) in [5, 5.41) is 8.80. The molecule has 3 heterocycles. The van der Waals surface area contributed by atoms with Gasteiger partial charge < -0.3 is 19.1 Å². The predicted octanol–water partition coefficient (Wildman–Crippen LogP) is 1.98. The van der Waals surface area contributed by atoms with Crippen LogP contribution in [0.3, 0.4) is 0 Å². The van der Waals surface area contributed by atoms with Crippen LogP contribution in [0.2, 0.25) is 0 Å².